The third kappa shape index (κ3) is 3.54. The minimum absolute atomic E-state index is 0. The van der Waals surface area contributed by atoms with Crippen LogP contribution in [0.1, 0.15) is 36.5 Å². The van der Waals surface area contributed by atoms with E-state index in [4.69, 9.17) is 0 Å². The smallest absolute Gasteiger partial charge is 0 e. The van der Waals surface area contributed by atoms with Gasteiger partial charge in [0.05, 0.1) is 0 Å². The number of nitrogens with zero attached hydrogens (tertiary/aromatic N) is 1. The molecule has 0 amide bonds. The van der Waals surface area contributed by atoms with Crippen molar-refractivity contribution < 1.29 is 20.4 Å². The van der Waals surface area contributed by atoms with Crippen LogP contribution in [0.25, 0.3) is 5.32 Å². The van der Waals surface area contributed by atoms with E-state index in [2.05, 4.69) is 44.3 Å². The number of benzene rings is 1. The molecular weight excluding hydrogens is 344 g/mol. The maximum absolute atomic E-state index is 4.14. The Hall–Kier alpha value is -0.158. The van der Waals surface area contributed by atoms with Crippen LogP contribution >= 0.6 is 0 Å². The van der Waals surface area contributed by atoms with Crippen molar-refractivity contribution in [2.24, 2.45) is 0 Å². The SMILES string of the molecule is C[N-]Cc1ccc(C(C)C)cc1C.[Re]. The van der Waals surface area contributed by atoms with Crippen LogP contribution in [0.4, 0.5) is 0 Å². The molecule has 0 saturated carbocycles. The van der Waals surface area contributed by atoms with Crippen LogP contribution in [0.2, 0.25) is 0 Å². The van der Waals surface area contributed by atoms with Crippen molar-refractivity contribution in [3.05, 3.63) is 40.2 Å². The Bertz CT molecular complexity index is 282. The van der Waals surface area contributed by atoms with Gasteiger partial charge < -0.3 is 5.32 Å². The van der Waals surface area contributed by atoms with Crippen LogP contribution in [-0.4, -0.2) is 7.05 Å². The van der Waals surface area contributed by atoms with Crippen molar-refractivity contribution in [3.8, 4) is 0 Å². The molecule has 2 heteroatoms. The topological polar surface area (TPSA) is 14.1 Å². The van der Waals surface area contributed by atoms with Gasteiger partial charge in [0, 0.05) is 20.4 Å². The van der Waals surface area contributed by atoms with Gasteiger partial charge in [-0.2, -0.15) is 7.05 Å². The Balaban J connectivity index is 0.00000169. The largest absolute Gasteiger partial charge is 0.661 e. The van der Waals surface area contributed by atoms with Crippen molar-refractivity contribution in [1.82, 2.24) is 0 Å². The van der Waals surface area contributed by atoms with E-state index >= 15 is 0 Å². The van der Waals surface area contributed by atoms with Gasteiger partial charge in [0.2, 0.25) is 0 Å². The molecule has 0 heterocycles. The van der Waals surface area contributed by atoms with Gasteiger partial charge in [-0.3, -0.25) is 0 Å². The second-order valence-electron chi connectivity index (χ2n) is 3.81. The van der Waals surface area contributed by atoms with Crippen LogP contribution in [-0.2, 0) is 27.0 Å². The first kappa shape index (κ1) is 13.8. The quantitative estimate of drug-likeness (QED) is 0.780. The van der Waals surface area contributed by atoms with Gasteiger partial charge in [-0.25, -0.2) is 0 Å². The summed E-state index contributed by atoms with van der Waals surface area (Å²) in [5, 5.41) is 4.14. The second kappa shape index (κ2) is 6.35. The first-order valence-corrected chi connectivity index (χ1v) is 4.80. The van der Waals surface area contributed by atoms with Crippen LogP contribution in [0.3, 0.4) is 0 Å². The summed E-state index contributed by atoms with van der Waals surface area (Å²) < 4.78 is 0. The Morgan fingerprint density at radius 3 is 2.36 bits per heavy atom. The summed E-state index contributed by atoms with van der Waals surface area (Å²) in [6.45, 7) is 7.44. The van der Waals surface area contributed by atoms with Crippen molar-refractivity contribution in [2.45, 2.75) is 33.2 Å². The maximum atomic E-state index is 4.14. The molecule has 0 aliphatic heterocycles. The Labute approximate surface area is 101 Å². The van der Waals surface area contributed by atoms with Gasteiger partial charge in [0.25, 0.3) is 0 Å². The average Bonchev–Trinajstić information content (AvgIpc) is 2.08. The summed E-state index contributed by atoms with van der Waals surface area (Å²) in [4.78, 5) is 0. The van der Waals surface area contributed by atoms with E-state index in [1.807, 2.05) is 7.05 Å². The fourth-order valence-corrected chi connectivity index (χ4v) is 1.43. The summed E-state index contributed by atoms with van der Waals surface area (Å²) in [5.74, 6) is 0.617. The molecular formula is C12H18NRe-. The van der Waals surface area contributed by atoms with E-state index < -0.39 is 0 Å². The monoisotopic (exact) mass is 363 g/mol. The fraction of sp³-hybridized carbons (Fsp3) is 0.500. The standard InChI is InChI=1S/C12H18N.Re/c1-9(2)11-5-6-12(8-13-4)10(3)7-11;/h5-7,9H,8H2,1-4H3;/q-1;. The average molecular weight is 362 g/mol. The molecule has 0 bridgehead atoms. The molecule has 0 fully saturated rings. The summed E-state index contributed by atoms with van der Waals surface area (Å²) in [6.07, 6.45) is 0. The van der Waals surface area contributed by atoms with E-state index in [9.17, 15) is 0 Å². The minimum Gasteiger partial charge on any atom is -0.661 e. The van der Waals surface area contributed by atoms with Gasteiger partial charge in [0.15, 0.2) is 0 Å². The van der Waals surface area contributed by atoms with Gasteiger partial charge in [-0.1, -0.05) is 37.6 Å². The van der Waals surface area contributed by atoms with E-state index in [1.54, 1.807) is 0 Å². The molecule has 1 aromatic rings. The van der Waals surface area contributed by atoms with Crippen LogP contribution in [0, 0.1) is 6.92 Å². The molecule has 0 unspecified atom stereocenters. The summed E-state index contributed by atoms with van der Waals surface area (Å²) in [5.41, 5.74) is 4.11. The van der Waals surface area contributed by atoms with Gasteiger partial charge in [0.1, 0.15) is 0 Å². The van der Waals surface area contributed by atoms with Crippen molar-refractivity contribution in [2.75, 3.05) is 7.05 Å². The van der Waals surface area contributed by atoms with Gasteiger partial charge in [-0.15, -0.1) is 6.54 Å². The molecule has 79 valence electrons. The number of rotatable bonds is 3. The van der Waals surface area contributed by atoms with Crippen LogP contribution < -0.4 is 0 Å². The fourth-order valence-electron chi connectivity index (χ4n) is 1.43. The molecule has 1 rings (SSSR count). The summed E-state index contributed by atoms with van der Waals surface area (Å²) in [6, 6.07) is 6.67. The normalized spacial score (nSPS) is 10.1. The number of aryl methyl sites for hydroxylation is 1. The second-order valence-corrected chi connectivity index (χ2v) is 3.81. The van der Waals surface area contributed by atoms with Crippen molar-refractivity contribution >= 4 is 0 Å². The predicted molar refractivity (Wildman–Crippen MR) is 58.3 cm³/mol. The zero-order valence-electron chi connectivity index (χ0n) is 9.34. The molecule has 0 atom stereocenters. The van der Waals surface area contributed by atoms with E-state index in [1.165, 1.54) is 16.7 Å². The number of hydrogen-bond acceptors (Lipinski definition) is 0. The maximum Gasteiger partial charge on any atom is 0 e. The molecule has 0 saturated heterocycles. The van der Waals surface area contributed by atoms with E-state index in [0.717, 1.165) is 6.54 Å². The van der Waals surface area contributed by atoms with E-state index in [-0.39, 0.29) is 20.4 Å². The molecule has 0 spiro atoms. The molecule has 0 aliphatic rings. The molecule has 0 N–H and O–H groups in total. The first-order valence-electron chi connectivity index (χ1n) is 4.80. The molecule has 1 radical (unpaired) electrons. The zero-order valence-corrected chi connectivity index (χ0v) is 12.1. The summed E-state index contributed by atoms with van der Waals surface area (Å²) in [7, 11) is 1.86. The molecule has 1 aromatic carbocycles. The number of hydrogen-bond donors (Lipinski definition) is 0. The van der Waals surface area contributed by atoms with Crippen molar-refractivity contribution in [3.63, 3.8) is 0 Å². The molecule has 0 aromatic heterocycles. The third-order valence-electron chi connectivity index (χ3n) is 2.36. The van der Waals surface area contributed by atoms with Crippen molar-refractivity contribution in [1.29, 1.82) is 0 Å². The molecule has 1 nitrogen and oxygen atoms in total. The first-order chi connectivity index (χ1) is 6.15. The Morgan fingerprint density at radius 1 is 1.29 bits per heavy atom. The van der Waals surface area contributed by atoms with Crippen LogP contribution in [0.5, 0.6) is 0 Å². The van der Waals surface area contributed by atoms with E-state index in [0.29, 0.717) is 5.92 Å². The third-order valence-corrected chi connectivity index (χ3v) is 2.36. The Morgan fingerprint density at radius 2 is 1.93 bits per heavy atom. The molecule has 0 aliphatic carbocycles. The Kier molecular flexibility index (Phi) is 6.28. The minimum atomic E-state index is 0. The predicted octanol–water partition coefficient (Wildman–Crippen LogP) is 3.62. The molecule has 14 heavy (non-hydrogen) atoms. The van der Waals surface area contributed by atoms with Gasteiger partial charge >= 0.3 is 0 Å². The van der Waals surface area contributed by atoms with Gasteiger partial charge in [-0.05, 0) is 24.0 Å². The van der Waals surface area contributed by atoms with Crippen LogP contribution in [0.15, 0.2) is 18.2 Å². The zero-order chi connectivity index (χ0) is 9.84. The summed E-state index contributed by atoms with van der Waals surface area (Å²) >= 11 is 0.